The molecule has 1 aromatic carbocycles. The molecule has 2 aromatic rings. The fourth-order valence-electron chi connectivity index (χ4n) is 2.37. The summed E-state index contributed by atoms with van der Waals surface area (Å²) < 4.78 is 0. The molecule has 3 rings (SSSR count). The van der Waals surface area contributed by atoms with Gasteiger partial charge in [-0.25, -0.2) is 4.90 Å². The number of hydrogen-bond acceptors (Lipinski definition) is 5. The largest absolute Gasteiger partial charge is 0.269 e. The maximum absolute atomic E-state index is 12.8. The number of aromatic nitrogens is 2. The van der Waals surface area contributed by atoms with Crippen LogP contribution in [0, 0.1) is 11.3 Å². The first kappa shape index (κ1) is 18.4. The second-order valence-corrected chi connectivity index (χ2v) is 7.51. The van der Waals surface area contributed by atoms with E-state index in [1.54, 1.807) is 0 Å². The number of anilines is 1. The molecule has 0 aliphatic carbocycles. The van der Waals surface area contributed by atoms with Gasteiger partial charge >= 0.3 is 0 Å². The molecule has 6 nitrogen and oxygen atoms in total. The second kappa shape index (κ2) is 6.71. The number of imide groups is 1. The Kier molecular flexibility index (Phi) is 4.93. The minimum absolute atomic E-state index is 0.0518. The summed E-state index contributed by atoms with van der Waals surface area (Å²) >= 11 is 25.4. The van der Waals surface area contributed by atoms with Gasteiger partial charge < -0.3 is 0 Å². The maximum Gasteiger partial charge on any atom is 0.269 e. The first-order chi connectivity index (χ1) is 11.8. The first-order valence-electron chi connectivity index (χ1n) is 6.71. The molecule has 1 N–H and O–H groups in total. The Morgan fingerprint density at radius 2 is 1.60 bits per heavy atom. The molecular formula is C14H6Cl4N4O2S. The molecule has 2 heterocycles. The number of nitriles is 1. The summed E-state index contributed by atoms with van der Waals surface area (Å²) in [5, 5.41) is 15.7. The third kappa shape index (κ3) is 2.60. The van der Waals surface area contributed by atoms with Crippen LogP contribution >= 0.6 is 58.2 Å². The number of amides is 2. The van der Waals surface area contributed by atoms with Crippen molar-refractivity contribution in [2.24, 2.45) is 0 Å². The Labute approximate surface area is 166 Å². The quantitative estimate of drug-likeness (QED) is 0.323. The summed E-state index contributed by atoms with van der Waals surface area (Å²) in [5.41, 5.74) is -0.241. The Morgan fingerprint density at radius 3 is 2.04 bits per heavy atom. The van der Waals surface area contributed by atoms with Gasteiger partial charge in [-0.3, -0.25) is 14.7 Å². The number of carbonyl (C=O) groups excluding carboxylic acids is 2. The molecule has 11 heteroatoms. The third-order valence-electron chi connectivity index (χ3n) is 3.43. The van der Waals surface area contributed by atoms with Gasteiger partial charge in [0.05, 0.1) is 31.2 Å². The van der Waals surface area contributed by atoms with Crippen molar-refractivity contribution in [1.29, 1.82) is 5.26 Å². The van der Waals surface area contributed by atoms with E-state index in [-0.39, 0.29) is 42.6 Å². The summed E-state index contributed by atoms with van der Waals surface area (Å²) in [5.74, 6) is -0.925. The molecular weight excluding hydrogens is 430 g/mol. The highest BCUT2D eigenvalue weighted by atomic mass is 35.5. The second-order valence-electron chi connectivity index (χ2n) is 4.75. The number of carbonyl (C=O) groups is 2. The molecule has 1 aliphatic heterocycles. The van der Waals surface area contributed by atoms with Crippen LogP contribution in [-0.2, 0) is 0 Å². The lowest BCUT2D eigenvalue weighted by Crippen LogP contribution is -2.30. The zero-order chi connectivity index (χ0) is 18.5. The topological polar surface area (TPSA) is 89.8 Å². The zero-order valence-corrected chi connectivity index (χ0v) is 16.1. The number of thioether (sulfide) groups is 1. The van der Waals surface area contributed by atoms with Crippen molar-refractivity contribution in [1.82, 2.24) is 10.2 Å². The van der Waals surface area contributed by atoms with Gasteiger partial charge in [0, 0.05) is 0 Å². The third-order valence-corrected chi connectivity index (χ3v) is 6.09. The number of aromatic amines is 1. The van der Waals surface area contributed by atoms with Crippen molar-refractivity contribution in [2.45, 2.75) is 11.9 Å². The minimum Gasteiger partial charge on any atom is -0.268 e. The van der Waals surface area contributed by atoms with E-state index in [2.05, 4.69) is 10.2 Å². The maximum atomic E-state index is 12.8. The molecule has 1 aliphatic rings. The molecule has 0 radical (unpaired) electrons. The molecule has 25 heavy (non-hydrogen) atoms. The van der Waals surface area contributed by atoms with Crippen LogP contribution in [0.5, 0.6) is 0 Å². The molecule has 0 atom stereocenters. The van der Waals surface area contributed by atoms with Crippen molar-refractivity contribution < 1.29 is 9.59 Å². The van der Waals surface area contributed by atoms with Crippen LogP contribution in [0.15, 0.2) is 5.03 Å². The number of benzene rings is 1. The predicted molar refractivity (Wildman–Crippen MR) is 97.3 cm³/mol. The van der Waals surface area contributed by atoms with Crippen LogP contribution in [0.2, 0.25) is 20.1 Å². The number of halogens is 4. The number of rotatable bonds is 3. The molecule has 0 saturated heterocycles. The summed E-state index contributed by atoms with van der Waals surface area (Å²) in [7, 11) is 0. The van der Waals surface area contributed by atoms with Crippen LogP contribution in [0.1, 0.15) is 33.2 Å². The van der Waals surface area contributed by atoms with Crippen LogP contribution in [-0.4, -0.2) is 27.8 Å². The number of H-pyrrole nitrogens is 1. The van der Waals surface area contributed by atoms with Gasteiger partial charge in [-0.1, -0.05) is 53.3 Å². The molecule has 0 bridgehead atoms. The zero-order valence-electron chi connectivity index (χ0n) is 12.3. The van der Waals surface area contributed by atoms with Crippen LogP contribution < -0.4 is 4.90 Å². The predicted octanol–water partition coefficient (Wildman–Crippen LogP) is 4.81. The van der Waals surface area contributed by atoms with Gasteiger partial charge in [0.15, 0.2) is 5.82 Å². The average Bonchev–Trinajstić information content (AvgIpc) is 3.09. The van der Waals surface area contributed by atoms with Crippen molar-refractivity contribution >= 4 is 75.8 Å². The molecule has 0 unspecified atom stereocenters. The summed E-state index contributed by atoms with van der Waals surface area (Å²) in [4.78, 5) is 26.3. The van der Waals surface area contributed by atoms with Gasteiger partial charge in [0.25, 0.3) is 11.8 Å². The Bertz CT molecular complexity index is 935. The summed E-state index contributed by atoms with van der Waals surface area (Å²) in [6, 6.07) is 1.95. The highest BCUT2D eigenvalue weighted by Crippen LogP contribution is 2.46. The van der Waals surface area contributed by atoms with Crippen molar-refractivity contribution in [3.8, 4) is 6.07 Å². The van der Waals surface area contributed by atoms with Gasteiger partial charge in [-0.05, 0) is 5.75 Å². The summed E-state index contributed by atoms with van der Waals surface area (Å²) in [6.07, 6.45) is 0. The van der Waals surface area contributed by atoms with Crippen molar-refractivity contribution in [3.05, 3.63) is 36.8 Å². The van der Waals surface area contributed by atoms with Crippen molar-refractivity contribution in [2.75, 3.05) is 10.7 Å². The van der Waals surface area contributed by atoms with Crippen molar-refractivity contribution in [3.63, 3.8) is 0 Å². The first-order valence-corrected chi connectivity index (χ1v) is 9.20. The van der Waals surface area contributed by atoms with E-state index in [1.807, 2.05) is 13.0 Å². The fraction of sp³-hybridized carbons (Fsp3) is 0.143. The summed E-state index contributed by atoms with van der Waals surface area (Å²) in [6.45, 7) is 1.88. The number of hydrogen-bond donors (Lipinski definition) is 1. The normalized spacial score (nSPS) is 13.4. The van der Waals surface area contributed by atoms with Gasteiger partial charge in [0.2, 0.25) is 0 Å². The van der Waals surface area contributed by atoms with Gasteiger partial charge in [-0.2, -0.15) is 10.4 Å². The van der Waals surface area contributed by atoms with Crippen LogP contribution in [0.4, 0.5) is 5.82 Å². The monoisotopic (exact) mass is 434 g/mol. The van der Waals surface area contributed by atoms with E-state index in [0.29, 0.717) is 10.8 Å². The highest BCUT2D eigenvalue weighted by Gasteiger charge is 2.44. The molecule has 2 amide bonds. The molecule has 0 fully saturated rings. The number of nitrogens with zero attached hydrogens (tertiary/aromatic N) is 3. The fourth-order valence-corrected chi connectivity index (χ4v) is 4.06. The Hall–Kier alpha value is -1.43. The molecule has 0 spiro atoms. The van der Waals surface area contributed by atoms with E-state index in [0.717, 1.165) is 4.90 Å². The van der Waals surface area contributed by atoms with Gasteiger partial charge in [0.1, 0.15) is 16.7 Å². The molecule has 128 valence electrons. The van der Waals surface area contributed by atoms with E-state index >= 15 is 0 Å². The Morgan fingerprint density at radius 1 is 1.08 bits per heavy atom. The lowest BCUT2D eigenvalue weighted by molar-refractivity contribution is 0.0925. The highest BCUT2D eigenvalue weighted by molar-refractivity contribution is 7.99. The number of fused-ring (bicyclic) bond motifs is 1. The van der Waals surface area contributed by atoms with E-state index in [9.17, 15) is 14.9 Å². The lowest BCUT2D eigenvalue weighted by Gasteiger charge is -2.11. The minimum atomic E-state index is -0.765. The van der Waals surface area contributed by atoms with E-state index in [4.69, 9.17) is 46.4 Å². The lowest BCUT2D eigenvalue weighted by atomic mass is 10.1. The SMILES string of the molecule is CCSc1n[nH]c(N2C(=O)c3c(Cl)c(Cl)c(Cl)c(Cl)c3C2=O)c1C#N. The number of nitrogens with one attached hydrogen (secondary N) is 1. The Balaban J connectivity index is 2.22. The van der Waals surface area contributed by atoms with Gasteiger partial charge in [-0.15, -0.1) is 11.8 Å². The smallest absolute Gasteiger partial charge is 0.268 e. The average molecular weight is 436 g/mol. The van der Waals surface area contributed by atoms with Crippen LogP contribution in [0.3, 0.4) is 0 Å². The van der Waals surface area contributed by atoms with Crippen LogP contribution in [0.25, 0.3) is 0 Å². The molecule has 0 saturated carbocycles. The molecule has 1 aromatic heterocycles. The standard InChI is InChI=1S/C14H6Cl4N4O2S/c1-2-25-12-4(3-19)11(20-21-12)22-13(23)5-6(14(22)24)8(16)10(18)9(17)7(5)15/h2H2,1H3,(H,20,21). The van der Waals surface area contributed by atoms with E-state index in [1.165, 1.54) is 11.8 Å². The van der Waals surface area contributed by atoms with E-state index < -0.39 is 11.8 Å².